The minimum Gasteiger partial charge on any atom is -0.469 e. The molecule has 1 heterocycles. The predicted molar refractivity (Wildman–Crippen MR) is 70.8 cm³/mol. The molecule has 1 aliphatic rings. The molecule has 3 unspecified atom stereocenters. The molecule has 17 heavy (non-hydrogen) atoms. The van der Waals surface area contributed by atoms with E-state index in [2.05, 4.69) is 19.9 Å². The third-order valence-corrected chi connectivity index (χ3v) is 4.37. The molecule has 2 N–H and O–H groups in total. The number of aryl methyl sites for hydroxylation is 1. The van der Waals surface area contributed by atoms with Gasteiger partial charge in [-0.15, -0.1) is 0 Å². The molecule has 2 heteroatoms. The molecular formula is C15H25NO. The van der Waals surface area contributed by atoms with Gasteiger partial charge in [-0.05, 0) is 30.7 Å². The van der Waals surface area contributed by atoms with Crippen LogP contribution in [0, 0.1) is 11.8 Å². The summed E-state index contributed by atoms with van der Waals surface area (Å²) in [5.74, 6) is 2.62. The van der Waals surface area contributed by atoms with Crippen molar-refractivity contribution in [3.05, 3.63) is 23.7 Å². The van der Waals surface area contributed by atoms with E-state index in [4.69, 9.17) is 10.2 Å². The first-order valence-corrected chi connectivity index (χ1v) is 7.08. The van der Waals surface area contributed by atoms with Crippen LogP contribution in [0.2, 0.25) is 0 Å². The minimum absolute atomic E-state index is 0.179. The number of furan rings is 1. The molecule has 1 aromatic rings. The van der Waals surface area contributed by atoms with Gasteiger partial charge in [-0.1, -0.05) is 33.1 Å². The Hall–Kier alpha value is -0.760. The first-order chi connectivity index (χ1) is 8.26. The van der Waals surface area contributed by atoms with E-state index < -0.39 is 0 Å². The fourth-order valence-corrected chi connectivity index (χ4v) is 3.22. The largest absolute Gasteiger partial charge is 0.469 e. The van der Waals surface area contributed by atoms with Gasteiger partial charge in [-0.3, -0.25) is 0 Å². The van der Waals surface area contributed by atoms with Gasteiger partial charge in [-0.2, -0.15) is 0 Å². The molecule has 0 bridgehead atoms. The first-order valence-electron chi connectivity index (χ1n) is 7.08. The Morgan fingerprint density at radius 3 is 2.94 bits per heavy atom. The molecule has 0 saturated heterocycles. The van der Waals surface area contributed by atoms with Crippen LogP contribution in [0.5, 0.6) is 0 Å². The minimum atomic E-state index is 0.179. The van der Waals surface area contributed by atoms with Gasteiger partial charge in [0, 0.05) is 18.0 Å². The number of hydrogen-bond donors (Lipinski definition) is 1. The zero-order valence-electron chi connectivity index (χ0n) is 11.1. The summed E-state index contributed by atoms with van der Waals surface area (Å²) in [5.41, 5.74) is 7.69. The second-order valence-electron chi connectivity index (χ2n) is 5.38. The normalized spacial score (nSPS) is 27.0. The van der Waals surface area contributed by atoms with Crippen LogP contribution in [-0.4, -0.2) is 0 Å². The Morgan fingerprint density at radius 1 is 1.41 bits per heavy atom. The molecule has 0 amide bonds. The van der Waals surface area contributed by atoms with Crippen LogP contribution in [-0.2, 0) is 6.42 Å². The van der Waals surface area contributed by atoms with Crippen molar-refractivity contribution in [2.24, 2.45) is 17.6 Å². The Morgan fingerprint density at radius 2 is 2.24 bits per heavy atom. The highest BCUT2D eigenvalue weighted by molar-refractivity contribution is 5.22. The Labute approximate surface area is 105 Å². The van der Waals surface area contributed by atoms with Gasteiger partial charge in [0.05, 0.1) is 6.26 Å². The SMILES string of the molecule is CCc1occc1C(N)C1CCCC(CC)C1. The van der Waals surface area contributed by atoms with Gasteiger partial charge in [0.1, 0.15) is 5.76 Å². The van der Waals surface area contributed by atoms with Crippen LogP contribution in [0.4, 0.5) is 0 Å². The van der Waals surface area contributed by atoms with Crippen LogP contribution >= 0.6 is 0 Å². The van der Waals surface area contributed by atoms with Crippen LogP contribution in [0.3, 0.4) is 0 Å². The molecule has 1 saturated carbocycles. The second kappa shape index (κ2) is 5.72. The van der Waals surface area contributed by atoms with E-state index in [9.17, 15) is 0 Å². The summed E-state index contributed by atoms with van der Waals surface area (Å²) >= 11 is 0. The molecule has 0 spiro atoms. The van der Waals surface area contributed by atoms with E-state index in [-0.39, 0.29) is 6.04 Å². The molecule has 1 aromatic heterocycles. The average Bonchev–Trinajstić information content (AvgIpc) is 2.86. The second-order valence-corrected chi connectivity index (χ2v) is 5.38. The molecule has 0 aromatic carbocycles. The Kier molecular flexibility index (Phi) is 4.27. The fraction of sp³-hybridized carbons (Fsp3) is 0.733. The number of rotatable bonds is 4. The molecule has 2 rings (SSSR count). The Balaban J connectivity index is 2.06. The quantitative estimate of drug-likeness (QED) is 0.854. The van der Waals surface area contributed by atoms with Crippen molar-refractivity contribution in [1.29, 1.82) is 0 Å². The first kappa shape index (κ1) is 12.7. The summed E-state index contributed by atoms with van der Waals surface area (Å²) in [6, 6.07) is 2.25. The molecule has 3 atom stereocenters. The summed E-state index contributed by atoms with van der Waals surface area (Å²) in [6.45, 7) is 4.43. The van der Waals surface area contributed by atoms with E-state index in [1.54, 1.807) is 6.26 Å². The van der Waals surface area contributed by atoms with Crippen LogP contribution in [0.1, 0.15) is 63.3 Å². The van der Waals surface area contributed by atoms with Crippen molar-refractivity contribution in [2.45, 2.75) is 58.4 Å². The van der Waals surface area contributed by atoms with E-state index in [0.717, 1.165) is 18.1 Å². The number of hydrogen-bond acceptors (Lipinski definition) is 2. The summed E-state index contributed by atoms with van der Waals surface area (Å²) in [4.78, 5) is 0. The van der Waals surface area contributed by atoms with Gasteiger partial charge >= 0.3 is 0 Å². The van der Waals surface area contributed by atoms with Crippen molar-refractivity contribution in [2.75, 3.05) is 0 Å². The van der Waals surface area contributed by atoms with E-state index in [0.29, 0.717) is 5.92 Å². The molecule has 0 radical (unpaired) electrons. The van der Waals surface area contributed by atoms with Crippen molar-refractivity contribution < 1.29 is 4.42 Å². The fourth-order valence-electron chi connectivity index (χ4n) is 3.22. The van der Waals surface area contributed by atoms with Crippen molar-refractivity contribution >= 4 is 0 Å². The van der Waals surface area contributed by atoms with Gasteiger partial charge in [0.2, 0.25) is 0 Å². The van der Waals surface area contributed by atoms with E-state index >= 15 is 0 Å². The summed E-state index contributed by atoms with van der Waals surface area (Å²) in [7, 11) is 0. The van der Waals surface area contributed by atoms with Crippen molar-refractivity contribution in [3.8, 4) is 0 Å². The topological polar surface area (TPSA) is 39.2 Å². The predicted octanol–water partition coefficient (Wildman–Crippen LogP) is 4.06. The average molecular weight is 235 g/mol. The highest BCUT2D eigenvalue weighted by Gasteiger charge is 2.28. The summed E-state index contributed by atoms with van der Waals surface area (Å²) in [6.07, 6.45) is 9.35. The molecular weight excluding hydrogens is 210 g/mol. The third-order valence-electron chi connectivity index (χ3n) is 4.37. The zero-order valence-corrected chi connectivity index (χ0v) is 11.1. The highest BCUT2D eigenvalue weighted by Crippen LogP contribution is 2.38. The van der Waals surface area contributed by atoms with Crippen molar-refractivity contribution in [3.63, 3.8) is 0 Å². The highest BCUT2D eigenvalue weighted by atomic mass is 16.3. The van der Waals surface area contributed by atoms with Gasteiger partial charge < -0.3 is 10.2 Å². The lowest BCUT2D eigenvalue weighted by Gasteiger charge is -2.32. The number of nitrogens with two attached hydrogens (primary N) is 1. The standard InChI is InChI=1S/C15H25NO/c1-3-11-6-5-7-12(10-11)15(16)13-8-9-17-14(13)4-2/h8-9,11-12,15H,3-7,10,16H2,1-2H3. The monoisotopic (exact) mass is 235 g/mol. The lowest BCUT2D eigenvalue weighted by atomic mass is 9.75. The van der Waals surface area contributed by atoms with E-state index in [1.165, 1.54) is 37.7 Å². The van der Waals surface area contributed by atoms with Gasteiger partial charge in [0.25, 0.3) is 0 Å². The Bertz CT molecular complexity index is 344. The van der Waals surface area contributed by atoms with Crippen LogP contribution in [0.25, 0.3) is 0 Å². The van der Waals surface area contributed by atoms with Crippen molar-refractivity contribution in [1.82, 2.24) is 0 Å². The third kappa shape index (κ3) is 2.74. The summed E-state index contributed by atoms with van der Waals surface area (Å²) in [5, 5.41) is 0. The van der Waals surface area contributed by atoms with Crippen LogP contribution < -0.4 is 5.73 Å². The van der Waals surface area contributed by atoms with Gasteiger partial charge in [0.15, 0.2) is 0 Å². The molecule has 1 fully saturated rings. The smallest absolute Gasteiger partial charge is 0.108 e. The summed E-state index contributed by atoms with van der Waals surface area (Å²) < 4.78 is 5.50. The van der Waals surface area contributed by atoms with Crippen LogP contribution in [0.15, 0.2) is 16.7 Å². The molecule has 1 aliphatic carbocycles. The maximum Gasteiger partial charge on any atom is 0.108 e. The van der Waals surface area contributed by atoms with Gasteiger partial charge in [-0.25, -0.2) is 0 Å². The maximum absolute atomic E-state index is 6.45. The molecule has 0 aliphatic heterocycles. The molecule has 2 nitrogen and oxygen atoms in total. The molecule has 96 valence electrons. The lowest BCUT2D eigenvalue weighted by molar-refractivity contribution is 0.229. The lowest BCUT2D eigenvalue weighted by Crippen LogP contribution is -2.27. The maximum atomic E-state index is 6.45. The van der Waals surface area contributed by atoms with E-state index in [1.807, 2.05) is 0 Å². The zero-order chi connectivity index (χ0) is 12.3.